The Morgan fingerprint density at radius 2 is 1.75 bits per heavy atom. The minimum atomic E-state index is -3.66. The van der Waals surface area contributed by atoms with Crippen LogP contribution in [0.5, 0.6) is 5.75 Å². The SMILES string of the molecule is CCCCCOc1ccc2cc(S(N)(=O)=O)ccc2c1. The number of benzene rings is 2. The average molecular weight is 293 g/mol. The second-order valence-electron chi connectivity index (χ2n) is 4.77. The quantitative estimate of drug-likeness (QED) is 0.832. The van der Waals surface area contributed by atoms with Crippen molar-refractivity contribution in [1.82, 2.24) is 0 Å². The predicted molar refractivity (Wildman–Crippen MR) is 80.3 cm³/mol. The second-order valence-corrected chi connectivity index (χ2v) is 6.33. The third-order valence-corrected chi connectivity index (χ3v) is 4.04. The van der Waals surface area contributed by atoms with Gasteiger partial charge >= 0.3 is 0 Å². The molecule has 0 atom stereocenters. The van der Waals surface area contributed by atoms with Crippen molar-refractivity contribution in [2.24, 2.45) is 5.14 Å². The number of hydrogen-bond acceptors (Lipinski definition) is 3. The number of nitrogens with two attached hydrogens (primary N) is 1. The summed E-state index contributed by atoms with van der Waals surface area (Å²) in [5.41, 5.74) is 0. The summed E-state index contributed by atoms with van der Waals surface area (Å²) < 4.78 is 28.3. The van der Waals surface area contributed by atoms with Crippen molar-refractivity contribution in [3.05, 3.63) is 36.4 Å². The number of rotatable bonds is 6. The van der Waals surface area contributed by atoms with Gasteiger partial charge in [0.15, 0.2) is 0 Å². The lowest BCUT2D eigenvalue weighted by molar-refractivity contribution is 0.306. The minimum Gasteiger partial charge on any atom is -0.494 e. The van der Waals surface area contributed by atoms with Crippen molar-refractivity contribution < 1.29 is 13.2 Å². The van der Waals surface area contributed by atoms with Crippen LogP contribution in [0.15, 0.2) is 41.3 Å². The molecular weight excluding hydrogens is 274 g/mol. The van der Waals surface area contributed by atoms with Crippen LogP contribution in [0.25, 0.3) is 10.8 Å². The Bertz CT molecular complexity index is 695. The van der Waals surface area contributed by atoms with Gasteiger partial charge in [0.2, 0.25) is 10.0 Å². The molecule has 0 aliphatic carbocycles. The molecule has 2 aromatic rings. The smallest absolute Gasteiger partial charge is 0.238 e. The van der Waals surface area contributed by atoms with Crippen LogP contribution in [-0.2, 0) is 10.0 Å². The van der Waals surface area contributed by atoms with E-state index in [4.69, 9.17) is 9.88 Å². The zero-order valence-corrected chi connectivity index (χ0v) is 12.3. The van der Waals surface area contributed by atoms with Gasteiger partial charge in [-0.05, 0) is 41.5 Å². The largest absolute Gasteiger partial charge is 0.494 e. The van der Waals surface area contributed by atoms with E-state index < -0.39 is 10.0 Å². The van der Waals surface area contributed by atoms with E-state index in [1.165, 1.54) is 6.07 Å². The first-order chi connectivity index (χ1) is 9.50. The molecule has 4 nitrogen and oxygen atoms in total. The Labute approximate surface area is 119 Å². The summed E-state index contributed by atoms with van der Waals surface area (Å²) in [5.74, 6) is 0.803. The van der Waals surface area contributed by atoms with E-state index in [0.29, 0.717) is 6.61 Å². The van der Waals surface area contributed by atoms with Gasteiger partial charge in [0.1, 0.15) is 5.75 Å². The molecule has 20 heavy (non-hydrogen) atoms. The first-order valence-electron chi connectivity index (χ1n) is 6.70. The maximum absolute atomic E-state index is 11.3. The van der Waals surface area contributed by atoms with Crippen molar-refractivity contribution in [3.8, 4) is 5.75 Å². The fourth-order valence-corrected chi connectivity index (χ4v) is 2.56. The first-order valence-corrected chi connectivity index (χ1v) is 8.25. The Kier molecular flexibility index (Phi) is 4.62. The van der Waals surface area contributed by atoms with Gasteiger partial charge in [0.25, 0.3) is 0 Å². The lowest BCUT2D eigenvalue weighted by atomic mass is 10.1. The Morgan fingerprint density at radius 3 is 2.45 bits per heavy atom. The van der Waals surface area contributed by atoms with Crippen LogP contribution in [0.2, 0.25) is 0 Å². The molecule has 2 N–H and O–H groups in total. The van der Waals surface area contributed by atoms with E-state index >= 15 is 0 Å². The van der Waals surface area contributed by atoms with E-state index in [2.05, 4.69) is 6.92 Å². The molecule has 0 saturated carbocycles. The van der Waals surface area contributed by atoms with Crippen molar-refractivity contribution in [2.45, 2.75) is 31.1 Å². The summed E-state index contributed by atoms with van der Waals surface area (Å²) in [6, 6.07) is 10.4. The van der Waals surface area contributed by atoms with Gasteiger partial charge in [-0.1, -0.05) is 31.9 Å². The molecular formula is C15H19NO3S. The zero-order valence-electron chi connectivity index (χ0n) is 11.5. The molecule has 0 bridgehead atoms. The van der Waals surface area contributed by atoms with Crippen LogP contribution in [0, 0.1) is 0 Å². The van der Waals surface area contributed by atoms with Crippen molar-refractivity contribution in [3.63, 3.8) is 0 Å². The minimum absolute atomic E-state index is 0.126. The van der Waals surface area contributed by atoms with Crippen molar-refractivity contribution in [1.29, 1.82) is 0 Å². The van der Waals surface area contributed by atoms with Crippen LogP contribution < -0.4 is 9.88 Å². The molecule has 0 radical (unpaired) electrons. The monoisotopic (exact) mass is 293 g/mol. The summed E-state index contributed by atoms with van der Waals surface area (Å²) in [4.78, 5) is 0.126. The fourth-order valence-electron chi connectivity index (χ4n) is 2.01. The molecule has 0 fully saturated rings. The number of primary sulfonamides is 1. The molecule has 0 saturated heterocycles. The Hall–Kier alpha value is -1.59. The van der Waals surface area contributed by atoms with Crippen LogP contribution in [0.4, 0.5) is 0 Å². The van der Waals surface area contributed by atoms with E-state index in [0.717, 1.165) is 35.8 Å². The van der Waals surface area contributed by atoms with Gasteiger partial charge in [0, 0.05) is 0 Å². The fraction of sp³-hybridized carbons (Fsp3) is 0.333. The Morgan fingerprint density at radius 1 is 1.05 bits per heavy atom. The molecule has 2 rings (SSSR count). The van der Waals surface area contributed by atoms with Crippen molar-refractivity contribution in [2.75, 3.05) is 6.61 Å². The molecule has 0 amide bonds. The maximum Gasteiger partial charge on any atom is 0.238 e. The molecule has 0 unspecified atom stereocenters. The van der Waals surface area contributed by atoms with Crippen LogP contribution in [0.1, 0.15) is 26.2 Å². The highest BCUT2D eigenvalue weighted by atomic mass is 32.2. The number of sulfonamides is 1. The standard InChI is InChI=1S/C15H19NO3S/c1-2-3-4-9-19-14-7-5-13-11-15(20(16,17)18)8-6-12(13)10-14/h5-8,10-11H,2-4,9H2,1H3,(H2,16,17,18). The third kappa shape index (κ3) is 3.71. The molecule has 0 heterocycles. The summed E-state index contributed by atoms with van der Waals surface area (Å²) in [6.07, 6.45) is 3.36. The highest BCUT2D eigenvalue weighted by molar-refractivity contribution is 7.89. The van der Waals surface area contributed by atoms with Gasteiger partial charge in [-0.3, -0.25) is 0 Å². The summed E-state index contributed by atoms with van der Waals surface area (Å²) in [7, 11) is -3.66. The Balaban J connectivity index is 2.19. The number of unbranched alkanes of at least 4 members (excludes halogenated alkanes) is 2. The first kappa shape index (κ1) is 14.8. The van der Waals surface area contributed by atoms with E-state index in [1.807, 2.05) is 18.2 Å². The predicted octanol–water partition coefficient (Wildman–Crippen LogP) is 3.06. The van der Waals surface area contributed by atoms with Crippen LogP contribution >= 0.6 is 0 Å². The number of fused-ring (bicyclic) bond motifs is 1. The topological polar surface area (TPSA) is 69.4 Å². The maximum atomic E-state index is 11.3. The molecule has 0 aromatic heterocycles. The molecule has 0 spiro atoms. The lowest BCUT2D eigenvalue weighted by Crippen LogP contribution is -2.11. The van der Waals surface area contributed by atoms with E-state index in [-0.39, 0.29) is 4.90 Å². The highest BCUT2D eigenvalue weighted by Crippen LogP contribution is 2.23. The molecule has 2 aromatic carbocycles. The van der Waals surface area contributed by atoms with E-state index in [9.17, 15) is 8.42 Å². The molecule has 0 aliphatic rings. The van der Waals surface area contributed by atoms with Gasteiger partial charge in [-0.15, -0.1) is 0 Å². The van der Waals surface area contributed by atoms with E-state index in [1.54, 1.807) is 12.1 Å². The second kappa shape index (κ2) is 6.24. The van der Waals surface area contributed by atoms with Gasteiger partial charge in [-0.25, -0.2) is 13.6 Å². The normalized spacial score (nSPS) is 11.7. The van der Waals surface area contributed by atoms with Gasteiger partial charge in [0.05, 0.1) is 11.5 Å². The lowest BCUT2D eigenvalue weighted by Gasteiger charge is -2.07. The van der Waals surface area contributed by atoms with Gasteiger partial charge < -0.3 is 4.74 Å². The zero-order chi connectivity index (χ0) is 14.6. The number of ether oxygens (including phenoxy) is 1. The average Bonchev–Trinajstić information content (AvgIpc) is 2.42. The molecule has 5 heteroatoms. The van der Waals surface area contributed by atoms with Crippen LogP contribution in [-0.4, -0.2) is 15.0 Å². The molecule has 0 aliphatic heterocycles. The third-order valence-electron chi connectivity index (χ3n) is 3.13. The van der Waals surface area contributed by atoms with Gasteiger partial charge in [-0.2, -0.15) is 0 Å². The van der Waals surface area contributed by atoms with Crippen molar-refractivity contribution >= 4 is 20.8 Å². The summed E-state index contributed by atoms with van der Waals surface area (Å²) >= 11 is 0. The summed E-state index contributed by atoms with van der Waals surface area (Å²) in [6.45, 7) is 2.85. The number of hydrogen-bond donors (Lipinski definition) is 1. The summed E-state index contributed by atoms with van der Waals surface area (Å²) in [5, 5.41) is 6.89. The highest BCUT2D eigenvalue weighted by Gasteiger charge is 2.08. The molecule has 108 valence electrons. The van der Waals surface area contributed by atoms with Crippen LogP contribution in [0.3, 0.4) is 0 Å².